The van der Waals surface area contributed by atoms with Gasteiger partial charge >= 0.3 is 0 Å². The second kappa shape index (κ2) is 9.38. The molecule has 7 nitrogen and oxygen atoms in total. The Morgan fingerprint density at radius 1 is 1.07 bits per heavy atom. The molecule has 3 rings (SSSR count). The maximum absolute atomic E-state index is 13.1. The third kappa shape index (κ3) is 5.92. The monoisotopic (exact) mass is 402 g/mol. The fraction of sp³-hybridized carbons (Fsp3) is 0.333. The predicted molar refractivity (Wildman–Crippen MR) is 103 cm³/mol. The van der Waals surface area contributed by atoms with Crippen LogP contribution in [0, 0.1) is 5.82 Å². The van der Waals surface area contributed by atoms with Crippen molar-refractivity contribution in [2.24, 2.45) is 5.73 Å². The molecule has 1 fully saturated rings. The first-order valence-electron chi connectivity index (χ1n) is 9.22. The zero-order valence-electron chi connectivity index (χ0n) is 15.9. The molecule has 2 amide bonds. The molecular weight excluding hydrogens is 379 g/mol. The highest BCUT2D eigenvalue weighted by molar-refractivity contribution is 5.78. The van der Waals surface area contributed by atoms with Gasteiger partial charge in [0.2, 0.25) is 5.91 Å². The van der Waals surface area contributed by atoms with Gasteiger partial charge in [-0.25, -0.2) is 4.39 Å². The molecule has 1 saturated heterocycles. The van der Waals surface area contributed by atoms with E-state index in [1.807, 2.05) is 18.2 Å². The highest BCUT2D eigenvalue weighted by atomic mass is 19.1. The topological polar surface area (TPSA) is 91.1 Å². The van der Waals surface area contributed by atoms with E-state index in [0.717, 1.165) is 0 Å². The van der Waals surface area contributed by atoms with Crippen molar-refractivity contribution < 1.29 is 28.2 Å². The normalized spacial score (nSPS) is 18.9. The lowest BCUT2D eigenvalue weighted by atomic mass is 9.97. The number of amides is 2. The van der Waals surface area contributed by atoms with Gasteiger partial charge in [-0.05, 0) is 36.4 Å². The number of hydrogen-bond donors (Lipinski definition) is 1. The summed E-state index contributed by atoms with van der Waals surface area (Å²) in [5.74, 6) is -0.157. The van der Waals surface area contributed by atoms with Crippen LogP contribution in [0.1, 0.15) is 6.42 Å². The smallest absolute Gasteiger partial charge is 0.260 e. The summed E-state index contributed by atoms with van der Waals surface area (Å²) in [6, 6.07) is 14.5. The van der Waals surface area contributed by atoms with Crippen LogP contribution < -0.4 is 15.2 Å². The number of carbonyl (C=O) groups is 2. The van der Waals surface area contributed by atoms with Crippen molar-refractivity contribution in [1.29, 1.82) is 0 Å². The maximum atomic E-state index is 13.1. The summed E-state index contributed by atoms with van der Waals surface area (Å²) in [7, 11) is 0. The number of morpholine rings is 1. The minimum Gasteiger partial charge on any atom is -0.490 e. The Morgan fingerprint density at radius 2 is 1.76 bits per heavy atom. The molecule has 1 atom stereocenters. The lowest BCUT2D eigenvalue weighted by Crippen LogP contribution is -2.58. The van der Waals surface area contributed by atoms with E-state index in [-0.39, 0.29) is 44.5 Å². The van der Waals surface area contributed by atoms with Gasteiger partial charge in [-0.15, -0.1) is 0 Å². The van der Waals surface area contributed by atoms with Crippen LogP contribution in [0.15, 0.2) is 54.6 Å². The first-order chi connectivity index (χ1) is 14.0. The predicted octanol–water partition coefficient (Wildman–Crippen LogP) is 1.76. The molecule has 0 bridgehead atoms. The fourth-order valence-electron chi connectivity index (χ4n) is 3.12. The lowest BCUT2D eigenvalue weighted by Gasteiger charge is -2.41. The summed E-state index contributed by atoms with van der Waals surface area (Å²) in [5.41, 5.74) is 4.32. The number of nitrogens with two attached hydrogens (primary N) is 1. The molecule has 0 spiro atoms. The van der Waals surface area contributed by atoms with Gasteiger partial charge in [0.25, 0.3) is 5.91 Å². The van der Waals surface area contributed by atoms with E-state index in [4.69, 9.17) is 19.9 Å². The van der Waals surface area contributed by atoms with Gasteiger partial charge in [0.05, 0.1) is 19.6 Å². The van der Waals surface area contributed by atoms with Crippen LogP contribution >= 0.6 is 0 Å². The summed E-state index contributed by atoms with van der Waals surface area (Å²) in [6.45, 7) is 0.597. The van der Waals surface area contributed by atoms with Crippen molar-refractivity contribution in [1.82, 2.24) is 4.90 Å². The summed E-state index contributed by atoms with van der Waals surface area (Å²) in [6.07, 6.45) is -0.114. The Balaban J connectivity index is 1.63. The van der Waals surface area contributed by atoms with E-state index in [0.29, 0.717) is 18.0 Å². The molecule has 1 aliphatic heterocycles. The third-order valence-corrected chi connectivity index (χ3v) is 4.52. The first-order valence-corrected chi connectivity index (χ1v) is 9.22. The molecule has 1 heterocycles. The van der Waals surface area contributed by atoms with E-state index < -0.39 is 11.5 Å². The van der Waals surface area contributed by atoms with Crippen molar-refractivity contribution in [3.05, 3.63) is 60.4 Å². The van der Waals surface area contributed by atoms with Gasteiger partial charge < -0.3 is 24.8 Å². The van der Waals surface area contributed by atoms with Crippen LogP contribution in [-0.4, -0.2) is 55.2 Å². The summed E-state index contributed by atoms with van der Waals surface area (Å²) < 4.78 is 30.1. The van der Waals surface area contributed by atoms with Gasteiger partial charge in [-0.3, -0.25) is 9.59 Å². The Kier molecular flexibility index (Phi) is 6.66. The van der Waals surface area contributed by atoms with E-state index in [9.17, 15) is 14.0 Å². The van der Waals surface area contributed by atoms with E-state index in [1.54, 1.807) is 17.0 Å². The summed E-state index contributed by atoms with van der Waals surface area (Å²) >= 11 is 0. The fourth-order valence-corrected chi connectivity index (χ4v) is 3.12. The number of benzene rings is 2. The van der Waals surface area contributed by atoms with Crippen LogP contribution in [0.5, 0.6) is 11.5 Å². The minimum absolute atomic E-state index is 0.00903. The number of rotatable bonds is 8. The molecule has 2 aromatic rings. The average Bonchev–Trinajstić information content (AvgIpc) is 2.72. The molecule has 154 valence electrons. The number of hydrogen-bond acceptors (Lipinski definition) is 5. The third-order valence-electron chi connectivity index (χ3n) is 4.52. The van der Waals surface area contributed by atoms with Gasteiger partial charge in [0.15, 0.2) is 6.61 Å². The van der Waals surface area contributed by atoms with Crippen LogP contribution in [0.25, 0.3) is 0 Å². The largest absolute Gasteiger partial charge is 0.490 e. The Labute approximate surface area is 168 Å². The SMILES string of the molecule is NC(=O)C[C@]1(COc2ccc(F)cc2)CN(C(=O)COc2ccccc2)CCO1. The highest BCUT2D eigenvalue weighted by Crippen LogP contribution is 2.24. The van der Waals surface area contributed by atoms with Gasteiger partial charge in [-0.2, -0.15) is 0 Å². The highest BCUT2D eigenvalue weighted by Gasteiger charge is 2.41. The molecule has 0 aromatic heterocycles. The van der Waals surface area contributed by atoms with Crippen molar-refractivity contribution in [2.45, 2.75) is 12.0 Å². The Morgan fingerprint density at radius 3 is 2.45 bits per heavy atom. The molecule has 29 heavy (non-hydrogen) atoms. The number of nitrogens with zero attached hydrogens (tertiary/aromatic N) is 1. The average molecular weight is 402 g/mol. The Bertz CT molecular complexity index is 831. The molecule has 0 saturated carbocycles. The molecular formula is C21H23FN2O5. The van der Waals surface area contributed by atoms with Crippen LogP contribution in [0.4, 0.5) is 4.39 Å². The summed E-state index contributed by atoms with van der Waals surface area (Å²) in [5, 5.41) is 0. The number of carbonyl (C=O) groups excluding carboxylic acids is 2. The van der Waals surface area contributed by atoms with Crippen molar-refractivity contribution >= 4 is 11.8 Å². The first kappa shape index (κ1) is 20.6. The van der Waals surface area contributed by atoms with Crippen molar-refractivity contribution in [2.75, 3.05) is 32.9 Å². The van der Waals surface area contributed by atoms with E-state index in [1.165, 1.54) is 24.3 Å². The van der Waals surface area contributed by atoms with Gasteiger partial charge in [0, 0.05) is 6.54 Å². The zero-order chi connectivity index (χ0) is 20.7. The van der Waals surface area contributed by atoms with Crippen LogP contribution in [-0.2, 0) is 14.3 Å². The molecule has 0 radical (unpaired) electrons. The molecule has 0 unspecified atom stereocenters. The number of primary amides is 1. The zero-order valence-corrected chi connectivity index (χ0v) is 15.9. The number of para-hydroxylation sites is 1. The van der Waals surface area contributed by atoms with E-state index in [2.05, 4.69) is 0 Å². The second-order valence-corrected chi connectivity index (χ2v) is 6.83. The van der Waals surface area contributed by atoms with Crippen molar-refractivity contribution in [3.63, 3.8) is 0 Å². The molecule has 2 aromatic carbocycles. The van der Waals surface area contributed by atoms with Crippen molar-refractivity contribution in [3.8, 4) is 11.5 Å². The standard InChI is InChI=1S/C21H23FN2O5/c22-16-6-8-18(9-7-16)28-15-21(12-19(23)25)14-24(10-11-29-21)20(26)13-27-17-4-2-1-3-5-17/h1-9H,10-15H2,(H2,23,25)/t21-/m1/s1. The van der Waals surface area contributed by atoms with Gasteiger partial charge in [-0.1, -0.05) is 18.2 Å². The maximum Gasteiger partial charge on any atom is 0.260 e. The van der Waals surface area contributed by atoms with Crippen LogP contribution in [0.2, 0.25) is 0 Å². The summed E-state index contributed by atoms with van der Waals surface area (Å²) in [4.78, 5) is 25.8. The molecule has 8 heteroatoms. The second-order valence-electron chi connectivity index (χ2n) is 6.83. The lowest BCUT2D eigenvalue weighted by molar-refractivity contribution is -0.163. The molecule has 0 aliphatic carbocycles. The Hall–Kier alpha value is -3.13. The number of ether oxygens (including phenoxy) is 3. The number of halogens is 1. The molecule has 2 N–H and O–H groups in total. The van der Waals surface area contributed by atoms with Gasteiger partial charge in [0.1, 0.15) is 29.5 Å². The van der Waals surface area contributed by atoms with Crippen LogP contribution in [0.3, 0.4) is 0 Å². The minimum atomic E-state index is -1.08. The quantitative estimate of drug-likeness (QED) is 0.727. The van der Waals surface area contributed by atoms with E-state index >= 15 is 0 Å². The molecule has 1 aliphatic rings.